The van der Waals surface area contributed by atoms with Gasteiger partial charge in [0.05, 0.1) is 22.1 Å². The topological polar surface area (TPSA) is 13.1 Å². The van der Waals surface area contributed by atoms with Gasteiger partial charge in [-0.05, 0) is 147 Å². The van der Waals surface area contributed by atoms with E-state index in [2.05, 4.69) is 296 Å². The molecule has 0 aliphatic carbocycles. The maximum Gasteiger partial charge on any atom is 0.0641 e. The second-order valence-electron chi connectivity index (χ2n) is 19.4. The first-order valence-corrected chi connectivity index (χ1v) is 28.9. The Hall–Kier alpha value is -10.2. The van der Waals surface area contributed by atoms with E-state index >= 15 is 0 Å². The quantitative estimate of drug-likeness (QED) is 0.109. The van der Waals surface area contributed by atoms with E-state index in [0.717, 1.165) is 28.4 Å². The van der Waals surface area contributed by atoms with Gasteiger partial charge in [0.15, 0.2) is 0 Å². The van der Waals surface area contributed by atoms with Crippen molar-refractivity contribution in [3.05, 3.63) is 335 Å². The summed E-state index contributed by atoms with van der Waals surface area (Å²) in [4.78, 5) is 2.32. The molecule has 2 heterocycles. The number of hydrogen-bond donors (Lipinski definition) is 0. The van der Waals surface area contributed by atoms with Crippen LogP contribution in [0.3, 0.4) is 0 Å². The van der Waals surface area contributed by atoms with Crippen LogP contribution in [-0.4, -0.2) is 9.13 Å². The number of fused-ring (bicyclic) bond motifs is 8. The highest BCUT2D eigenvalue weighted by Gasteiger charge is 2.21. The van der Waals surface area contributed by atoms with Crippen LogP contribution in [0.1, 0.15) is 47.1 Å². The van der Waals surface area contributed by atoms with Crippen LogP contribution in [0.5, 0.6) is 0 Å². The average molecular weight is 1090 g/mol. The highest BCUT2D eigenvalue weighted by molar-refractivity contribution is 6.26. The zero-order valence-electron chi connectivity index (χ0n) is 50.0. The Bertz CT molecular complexity index is 4160. The van der Waals surface area contributed by atoms with E-state index in [-0.39, 0.29) is 0 Å². The van der Waals surface area contributed by atoms with E-state index < -0.39 is 0 Å². The van der Waals surface area contributed by atoms with Gasteiger partial charge in [0.2, 0.25) is 0 Å². The number of para-hydroxylation sites is 3. The molecule has 3 heteroatoms. The van der Waals surface area contributed by atoms with Crippen molar-refractivity contribution in [1.29, 1.82) is 0 Å². The van der Waals surface area contributed by atoms with Gasteiger partial charge in [-0.3, -0.25) is 0 Å². The van der Waals surface area contributed by atoms with Crippen molar-refractivity contribution in [2.75, 3.05) is 4.90 Å². The first-order chi connectivity index (χ1) is 41.3. The highest BCUT2D eigenvalue weighted by atomic mass is 15.1. The number of nitrogens with zero attached hydrogens (tertiary/aromatic N) is 3. The van der Waals surface area contributed by atoms with Crippen LogP contribution in [0.15, 0.2) is 330 Å². The maximum atomic E-state index is 3.36. The third-order valence-electron chi connectivity index (χ3n) is 13.7. The summed E-state index contributed by atoms with van der Waals surface area (Å²) in [5.74, 6) is 0. The van der Waals surface area contributed by atoms with E-state index in [1.807, 2.05) is 71.9 Å². The number of hydrogen-bond acceptors (Lipinski definition) is 1. The molecule has 0 saturated heterocycles. The molecular formula is C81H79N3. The lowest BCUT2D eigenvalue weighted by Gasteiger charge is -2.26. The van der Waals surface area contributed by atoms with Gasteiger partial charge in [0.25, 0.3) is 0 Å². The Morgan fingerprint density at radius 1 is 0.333 bits per heavy atom. The molecule has 0 unspecified atom stereocenters. The maximum absolute atomic E-state index is 3.36. The molecule has 11 aromatic carbocycles. The van der Waals surface area contributed by atoms with Gasteiger partial charge in [0, 0.05) is 50.0 Å². The third kappa shape index (κ3) is 14.6. The number of aromatic nitrogens is 2. The summed E-state index contributed by atoms with van der Waals surface area (Å²) in [6.45, 7) is 27.3. The van der Waals surface area contributed by atoms with Gasteiger partial charge in [-0.15, -0.1) is 13.2 Å². The molecule has 13 rings (SSSR count). The molecule has 0 radical (unpaired) electrons. The fraction of sp³-hybridized carbons (Fsp3) is 0.0864. The second kappa shape index (κ2) is 31.7. The largest absolute Gasteiger partial charge is 0.311 e. The molecule has 0 bridgehead atoms. The molecule has 0 N–H and O–H groups in total. The summed E-state index contributed by atoms with van der Waals surface area (Å²) >= 11 is 0. The molecule has 0 fully saturated rings. The van der Waals surface area contributed by atoms with Gasteiger partial charge in [-0.2, -0.15) is 0 Å². The summed E-state index contributed by atoms with van der Waals surface area (Å²) in [5, 5.41) is 7.48. The summed E-state index contributed by atoms with van der Waals surface area (Å²) in [5.41, 5.74) is 16.5. The molecule has 0 aliphatic rings. The minimum absolute atomic E-state index is 1.11. The average Bonchev–Trinajstić information content (AvgIpc) is 1.78. The van der Waals surface area contributed by atoms with Crippen molar-refractivity contribution < 1.29 is 0 Å². The van der Waals surface area contributed by atoms with Crippen molar-refractivity contribution >= 4 is 71.4 Å². The van der Waals surface area contributed by atoms with Gasteiger partial charge in [0.1, 0.15) is 0 Å². The van der Waals surface area contributed by atoms with Gasteiger partial charge >= 0.3 is 0 Å². The molecule has 0 aliphatic heterocycles. The predicted molar refractivity (Wildman–Crippen MR) is 373 cm³/mol. The smallest absolute Gasteiger partial charge is 0.0641 e. The molecule has 0 spiro atoms. The Balaban J connectivity index is 0.000000378. The molecule has 0 saturated carbocycles. The molecular weight excluding hydrogens is 1010 g/mol. The highest BCUT2D eigenvalue weighted by Crippen LogP contribution is 2.43. The Morgan fingerprint density at radius 2 is 0.738 bits per heavy atom. The van der Waals surface area contributed by atoms with Crippen molar-refractivity contribution in [3.8, 4) is 33.6 Å². The monoisotopic (exact) mass is 1090 g/mol. The summed E-state index contributed by atoms with van der Waals surface area (Å²) in [6, 6.07) is 96.0. The van der Waals surface area contributed by atoms with Crippen LogP contribution in [-0.2, 0) is 0 Å². The zero-order chi connectivity index (χ0) is 59.6. The zero-order valence-corrected chi connectivity index (χ0v) is 50.0. The van der Waals surface area contributed by atoms with E-state index in [0.29, 0.717) is 0 Å². The number of rotatable bonds is 8. The Labute approximate surface area is 500 Å². The van der Waals surface area contributed by atoms with E-state index in [9.17, 15) is 0 Å². The molecule has 2 aromatic heterocycles. The van der Waals surface area contributed by atoms with Crippen LogP contribution < -0.4 is 4.90 Å². The van der Waals surface area contributed by atoms with E-state index in [4.69, 9.17) is 0 Å². The van der Waals surface area contributed by atoms with Crippen molar-refractivity contribution in [2.45, 2.75) is 48.5 Å². The van der Waals surface area contributed by atoms with E-state index in [1.165, 1.54) is 82.2 Å². The summed E-state index contributed by atoms with van der Waals surface area (Å²) in [6.07, 6.45) is 10.8. The van der Waals surface area contributed by atoms with Gasteiger partial charge < -0.3 is 14.0 Å². The minimum Gasteiger partial charge on any atom is -0.311 e. The fourth-order valence-corrected chi connectivity index (χ4v) is 9.97. The summed E-state index contributed by atoms with van der Waals surface area (Å²) < 4.78 is 4.90. The van der Waals surface area contributed by atoms with Crippen LogP contribution in [0.2, 0.25) is 0 Å². The first-order valence-electron chi connectivity index (χ1n) is 28.9. The van der Waals surface area contributed by atoms with Gasteiger partial charge in [-0.25, -0.2) is 0 Å². The second-order valence-corrected chi connectivity index (χ2v) is 19.4. The standard InChI is InChI=1S/C58H39N3.C7H8.C4H8.C4H6.2C3H6.C2H6/c1-3-13-40(14-4-1)42-23-30-47(31-24-42)59(46-17-5-2-6-18-46)48-32-25-43(26-33-48)44-27-34-49(35-28-44)61-54-21-11-9-19-51(54)52-37-38-56-57(58(52)61)53-20-10-12-22-55(53)60(56)50-36-29-41-15-7-8-16-45(41)39-50;1-7-5-3-2-4-6-7;2*1-3-4-2;2*1-3-2;1-2/h1-39H;2-6H,1H3;3-4H,1-2H3;3-4H,1-2H2;2*3H,1H2,2H3;1-2H3/b;;4-3-;;;;. The molecule has 418 valence electrons. The molecule has 0 atom stereocenters. The lowest BCUT2D eigenvalue weighted by Crippen LogP contribution is -2.09. The van der Waals surface area contributed by atoms with Crippen molar-refractivity contribution in [2.24, 2.45) is 0 Å². The lowest BCUT2D eigenvalue weighted by molar-refractivity contribution is 1.18. The predicted octanol–water partition coefficient (Wildman–Crippen LogP) is 24.2. The van der Waals surface area contributed by atoms with Crippen LogP contribution in [0.25, 0.3) is 88.0 Å². The molecule has 84 heavy (non-hydrogen) atoms. The van der Waals surface area contributed by atoms with Gasteiger partial charge in [-0.1, -0.05) is 257 Å². The SMILES string of the molecule is C/C=C\C.C=CC.C=CC.C=CC=C.CC.Cc1ccccc1.c1ccc(-c2ccc(N(c3ccccc3)c3ccc(-c4ccc(-n5c6ccccc6c6ccc7c(c8ccccc8n7-c7ccc8ccccc8c7)c65)cc4)cc3)cc2)cc1. The lowest BCUT2D eigenvalue weighted by atomic mass is 10.0. The van der Waals surface area contributed by atoms with E-state index in [1.54, 1.807) is 24.3 Å². The molecule has 0 amide bonds. The number of benzene rings is 11. The van der Waals surface area contributed by atoms with Crippen LogP contribution in [0, 0.1) is 6.92 Å². The first kappa shape index (κ1) is 61.4. The number of aryl methyl sites for hydroxylation is 1. The fourth-order valence-electron chi connectivity index (χ4n) is 9.97. The van der Waals surface area contributed by atoms with Crippen LogP contribution in [0.4, 0.5) is 17.1 Å². The normalized spacial score (nSPS) is 10.2. The van der Waals surface area contributed by atoms with Crippen molar-refractivity contribution in [1.82, 2.24) is 9.13 Å². The van der Waals surface area contributed by atoms with Crippen LogP contribution >= 0.6 is 0 Å². The Kier molecular flexibility index (Phi) is 23.2. The third-order valence-corrected chi connectivity index (χ3v) is 13.7. The number of allylic oxidation sites excluding steroid dienone is 6. The van der Waals surface area contributed by atoms with Crippen molar-refractivity contribution in [3.63, 3.8) is 0 Å². The molecule has 13 aromatic rings. The molecule has 3 nitrogen and oxygen atoms in total. The number of anilines is 3. The summed E-state index contributed by atoms with van der Waals surface area (Å²) in [7, 11) is 0. The minimum atomic E-state index is 1.11. The Morgan fingerprint density at radius 3 is 1.24 bits per heavy atom.